The second-order valence-corrected chi connectivity index (χ2v) is 6.53. The highest BCUT2D eigenvalue weighted by atomic mass is 35.5. The van der Waals surface area contributed by atoms with E-state index in [0.29, 0.717) is 10.8 Å². The average molecular weight is 337 g/mol. The van der Waals surface area contributed by atoms with Gasteiger partial charge in [0, 0.05) is 5.56 Å². The van der Waals surface area contributed by atoms with Crippen LogP contribution in [0.4, 0.5) is 0 Å². The molecule has 1 aromatic heterocycles. The summed E-state index contributed by atoms with van der Waals surface area (Å²) in [7, 11) is 0. The van der Waals surface area contributed by atoms with Gasteiger partial charge in [-0.2, -0.15) is 0 Å². The summed E-state index contributed by atoms with van der Waals surface area (Å²) in [6.07, 6.45) is 2.00. The minimum absolute atomic E-state index is 0.613. The van der Waals surface area contributed by atoms with Gasteiger partial charge in [0.05, 0.1) is 9.91 Å². The lowest BCUT2D eigenvalue weighted by molar-refractivity contribution is 0.515. The van der Waals surface area contributed by atoms with Crippen molar-refractivity contribution in [3.8, 4) is 5.75 Å². The molecule has 2 aromatic carbocycles. The standard InChI is InChI=1S/C20H13ClOS/c21-17-13-16(14-7-2-1-3-8-14)15-9-4-5-10-18(15)22-20(17)19-11-6-12-23-19/h1-13H. The molecule has 112 valence electrons. The van der Waals surface area contributed by atoms with Crippen molar-refractivity contribution in [3.05, 3.63) is 99.2 Å². The number of benzene rings is 2. The fourth-order valence-electron chi connectivity index (χ4n) is 2.64. The summed E-state index contributed by atoms with van der Waals surface area (Å²) in [6.45, 7) is 0. The lowest BCUT2D eigenvalue weighted by Gasteiger charge is -2.12. The number of fused-ring (bicyclic) bond motifs is 1. The zero-order chi connectivity index (χ0) is 15.6. The summed E-state index contributed by atoms with van der Waals surface area (Å²) in [5.74, 6) is 1.53. The van der Waals surface area contributed by atoms with Crippen LogP contribution in [0.1, 0.15) is 16.0 Å². The number of thiophene rings is 1. The molecule has 0 spiro atoms. The van der Waals surface area contributed by atoms with E-state index in [1.54, 1.807) is 11.3 Å². The number of halogens is 1. The molecule has 0 saturated carbocycles. The van der Waals surface area contributed by atoms with Gasteiger partial charge in [-0.15, -0.1) is 11.3 Å². The highest BCUT2D eigenvalue weighted by Crippen LogP contribution is 2.40. The van der Waals surface area contributed by atoms with E-state index in [9.17, 15) is 0 Å². The maximum Gasteiger partial charge on any atom is 0.163 e. The van der Waals surface area contributed by atoms with Gasteiger partial charge in [0.15, 0.2) is 5.76 Å². The summed E-state index contributed by atoms with van der Waals surface area (Å²) in [6, 6.07) is 22.3. The van der Waals surface area contributed by atoms with Gasteiger partial charge in [-0.1, -0.05) is 66.2 Å². The summed E-state index contributed by atoms with van der Waals surface area (Å²) in [4.78, 5) is 1.02. The third-order valence-electron chi connectivity index (χ3n) is 3.71. The van der Waals surface area contributed by atoms with Crippen LogP contribution in [-0.4, -0.2) is 0 Å². The number of para-hydroxylation sites is 1. The first kappa shape index (κ1) is 14.3. The Balaban J connectivity index is 1.95. The lowest BCUT2D eigenvalue weighted by atomic mass is 9.97. The Morgan fingerprint density at radius 2 is 1.61 bits per heavy atom. The van der Waals surface area contributed by atoms with Crippen molar-refractivity contribution < 1.29 is 4.74 Å². The third kappa shape index (κ3) is 2.72. The zero-order valence-electron chi connectivity index (χ0n) is 12.2. The van der Waals surface area contributed by atoms with E-state index in [4.69, 9.17) is 16.3 Å². The van der Waals surface area contributed by atoms with Gasteiger partial charge in [-0.05, 0) is 34.7 Å². The Kier molecular flexibility index (Phi) is 3.78. The van der Waals surface area contributed by atoms with Crippen LogP contribution in [0.2, 0.25) is 0 Å². The summed E-state index contributed by atoms with van der Waals surface area (Å²) >= 11 is 8.22. The molecule has 0 saturated heterocycles. The van der Waals surface area contributed by atoms with E-state index in [1.165, 1.54) is 0 Å². The second-order valence-electron chi connectivity index (χ2n) is 5.18. The average Bonchev–Trinajstić information content (AvgIpc) is 3.08. The van der Waals surface area contributed by atoms with Gasteiger partial charge in [0.2, 0.25) is 0 Å². The minimum atomic E-state index is 0.613. The van der Waals surface area contributed by atoms with Crippen LogP contribution in [0.15, 0.2) is 83.2 Å². The van der Waals surface area contributed by atoms with Gasteiger partial charge >= 0.3 is 0 Å². The van der Waals surface area contributed by atoms with E-state index < -0.39 is 0 Å². The first-order chi connectivity index (χ1) is 11.3. The molecular weight excluding hydrogens is 324 g/mol. The van der Waals surface area contributed by atoms with Crippen molar-refractivity contribution in [3.63, 3.8) is 0 Å². The quantitative estimate of drug-likeness (QED) is 0.543. The Labute approximate surface area is 144 Å². The molecule has 0 radical (unpaired) electrons. The predicted octanol–water partition coefficient (Wildman–Crippen LogP) is 6.18. The van der Waals surface area contributed by atoms with Crippen molar-refractivity contribution in [1.29, 1.82) is 0 Å². The molecule has 0 N–H and O–H groups in total. The van der Waals surface area contributed by atoms with Gasteiger partial charge in [-0.3, -0.25) is 0 Å². The van der Waals surface area contributed by atoms with Crippen LogP contribution in [0.3, 0.4) is 0 Å². The predicted molar refractivity (Wildman–Crippen MR) is 97.7 cm³/mol. The first-order valence-electron chi connectivity index (χ1n) is 7.31. The van der Waals surface area contributed by atoms with Crippen molar-refractivity contribution in [1.82, 2.24) is 0 Å². The van der Waals surface area contributed by atoms with Gasteiger partial charge in [-0.25, -0.2) is 0 Å². The lowest BCUT2D eigenvalue weighted by Crippen LogP contribution is -1.95. The van der Waals surface area contributed by atoms with E-state index in [0.717, 1.165) is 27.3 Å². The Morgan fingerprint density at radius 3 is 2.39 bits per heavy atom. The fraction of sp³-hybridized carbons (Fsp3) is 0. The molecule has 2 heterocycles. The number of hydrogen-bond donors (Lipinski definition) is 0. The van der Waals surface area contributed by atoms with Crippen LogP contribution in [-0.2, 0) is 0 Å². The molecular formula is C20H13ClOS. The summed E-state index contributed by atoms with van der Waals surface area (Å²) in [5.41, 5.74) is 3.23. The van der Waals surface area contributed by atoms with Crippen molar-refractivity contribution in [2.24, 2.45) is 0 Å². The highest BCUT2D eigenvalue weighted by molar-refractivity contribution is 7.11. The second kappa shape index (κ2) is 6.07. The molecule has 1 nitrogen and oxygen atoms in total. The van der Waals surface area contributed by atoms with E-state index in [1.807, 2.05) is 60.0 Å². The number of rotatable bonds is 2. The van der Waals surface area contributed by atoms with Gasteiger partial charge in [0.25, 0.3) is 0 Å². The summed E-state index contributed by atoms with van der Waals surface area (Å²) in [5, 5.41) is 2.64. The van der Waals surface area contributed by atoms with E-state index >= 15 is 0 Å². The molecule has 3 heteroatoms. The van der Waals surface area contributed by atoms with Crippen molar-refractivity contribution >= 4 is 34.3 Å². The van der Waals surface area contributed by atoms with Crippen LogP contribution in [0.25, 0.3) is 11.3 Å². The number of hydrogen-bond acceptors (Lipinski definition) is 2. The SMILES string of the molecule is ClC1=C(c2cccs2)Oc2ccccc2C(c2ccccc2)=C1. The van der Waals surface area contributed by atoms with Crippen molar-refractivity contribution in [2.45, 2.75) is 0 Å². The topological polar surface area (TPSA) is 9.23 Å². The summed E-state index contributed by atoms with van der Waals surface area (Å²) < 4.78 is 6.17. The van der Waals surface area contributed by atoms with Crippen LogP contribution < -0.4 is 4.74 Å². The first-order valence-corrected chi connectivity index (χ1v) is 8.57. The van der Waals surface area contributed by atoms with Crippen LogP contribution in [0, 0.1) is 0 Å². The smallest absolute Gasteiger partial charge is 0.163 e. The Hall–Kier alpha value is -2.29. The fourth-order valence-corrected chi connectivity index (χ4v) is 3.66. The molecule has 0 atom stereocenters. The molecule has 0 aliphatic carbocycles. The largest absolute Gasteiger partial charge is 0.454 e. The van der Waals surface area contributed by atoms with Crippen LogP contribution >= 0.6 is 22.9 Å². The van der Waals surface area contributed by atoms with Gasteiger partial charge in [0.1, 0.15) is 5.75 Å². The molecule has 0 bridgehead atoms. The minimum Gasteiger partial charge on any atom is -0.454 e. The molecule has 23 heavy (non-hydrogen) atoms. The maximum atomic E-state index is 6.60. The molecule has 1 aliphatic heterocycles. The highest BCUT2D eigenvalue weighted by Gasteiger charge is 2.20. The molecule has 4 rings (SSSR count). The monoisotopic (exact) mass is 336 g/mol. The van der Waals surface area contributed by atoms with Crippen molar-refractivity contribution in [2.75, 3.05) is 0 Å². The van der Waals surface area contributed by atoms with E-state index in [-0.39, 0.29) is 0 Å². The third-order valence-corrected chi connectivity index (χ3v) is 4.86. The number of allylic oxidation sites excluding steroid dienone is 2. The maximum absolute atomic E-state index is 6.60. The molecule has 1 aliphatic rings. The zero-order valence-corrected chi connectivity index (χ0v) is 13.8. The van der Waals surface area contributed by atoms with Gasteiger partial charge < -0.3 is 4.74 Å². The molecule has 3 aromatic rings. The van der Waals surface area contributed by atoms with E-state index in [2.05, 4.69) is 18.2 Å². The molecule has 0 fully saturated rings. The molecule has 0 amide bonds. The molecule has 0 unspecified atom stereocenters. The normalized spacial score (nSPS) is 13.9. The Morgan fingerprint density at radius 1 is 0.826 bits per heavy atom. The Bertz CT molecular complexity index is 892. The van der Waals surface area contributed by atoms with Crippen LogP contribution in [0.5, 0.6) is 5.75 Å². The number of ether oxygens (including phenoxy) is 1.